The van der Waals surface area contributed by atoms with E-state index in [9.17, 15) is 19.6 Å². The molecule has 2 atom stereocenters. The number of unbranched alkanes of at least 4 members (excludes halogenated alkanes) is 2. The monoisotopic (exact) mass is 377 g/mol. The number of hydrazine groups is 1. The number of amides is 2. The van der Waals surface area contributed by atoms with Crippen molar-refractivity contribution in [2.24, 2.45) is 5.92 Å². The fourth-order valence-electron chi connectivity index (χ4n) is 3.22. The number of Topliss-reactive ketones (excluding diaryl/α,β-unsaturated/α-hetero) is 1. The average molecular weight is 377 g/mol. The van der Waals surface area contributed by atoms with E-state index in [0.717, 1.165) is 19.3 Å². The Kier molecular flexibility index (Phi) is 8.28. The highest BCUT2D eigenvalue weighted by Crippen LogP contribution is 2.20. The lowest BCUT2D eigenvalue weighted by Gasteiger charge is -2.28. The maximum atomic E-state index is 13.0. The first kappa shape index (κ1) is 20.9. The molecule has 2 rings (SSSR count). The normalized spacial score (nSPS) is 17.6. The van der Waals surface area contributed by atoms with Crippen molar-refractivity contribution in [2.75, 3.05) is 13.1 Å². The zero-order chi connectivity index (χ0) is 19.6. The van der Waals surface area contributed by atoms with E-state index < -0.39 is 12.0 Å². The van der Waals surface area contributed by atoms with Gasteiger partial charge in [-0.3, -0.25) is 24.6 Å². The fraction of sp³-hybridized carbons (Fsp3) is 0.611. The van der Waals surface area contributed by atoms with E-state index in [2.05, 4.69) is 22.3 Å². The highest BCUT2D eigenvalue weighted by molar-refractivity contribution is 5.91. The number of hydroxylamine groups is 2. The molecular formula is C18H27N5O4. The molecule has 1 aliphatic heterocycles. The van der Waals surface area contributed by atoms with Crippen LogP contribution in [0.5, 0.6) is 0 Å². The smallest absolute Gasteiger partial charge is 0.242 e. The van der Waals surface area contributed by atoms with Crippen molar-refractivity contribution in [1.82, 2.24) is 25.5 Å². The van der Waals surface area contributed by atoms with E-state index in [1.54, 1.807) is 12.3 Å². The molecule has 27 heavy (non-hydrogen) atoms. The van der Waals surface area contributed by atoms with Crippen LogP contribution < -0.4 is 5.43 Å². The number of hydrogen-bond acceptors (Lipinski definition) is 7. The minimum absolute atomic E-state index is 0.0863. The van der Waals surface area contributed by atoms with Gasteiger partial charge in [0.1, 0.15) is 12.4 Å². The summed E-state index contributed by atoms with van der Waals surface area (Å²) in [6.45, 7) is 2.49. The molecule has 148 valence electrons. The van der Waals surface area contributed by atoms with Crippen molar-refractivity contribution in [3.63, 3.8) is 0 Å². The van der Waals surface area contributed by atoms with E-state index in [1.807, 2.05) is 0 Å². The standard InChI is InChI=1S/C18H27N5O4/c1-2-3-4-5-14(11-22(27)13-24)18(26)23-16(7-9-21-23)17(25)10-15-6-8-19-12-20-15/h6,8,12-14,16,21,27H,2-5,7,9-11H2,1H3/t14-,16+/m1/s1. The number of ketones is 1. The summed E-state index contributed by atoms with van der Waals surface area (Å²) in [4.78, 5) is 44.3. The van der Waals surface area contributed by atoms with Crippen LogP contribution in [0.15, 0.2) is 18.6 Å². The number of rotatable bonds is 11. The van der Waals surface area contributed by atoms with Gasteiger partial charge >= 0.3 is 0 Å². The summed E-state index contributed by atoms with van der Waals surface area (Å²) >= 11 is 0. The maximum absolute atomic E-state index is 13.0. The van der Waals surface area contributed by atoms with E-state index in [0.29, 0.717) is 30.1 Å². The third-order valence-electron chi connectivity index (χ3n) is 4.65. The molecule has 0 spiro atoms. The number of carbonyl (C=O) groups excluding carboxylic acids is 3. The van der Waals surface area contributed by atoms with Gasteiger partial charge in [0.15, 0.2) is 5.78 Å². The largest absolute Gasteiger partial charge is 0.297 e. The molecule has 2 N–H and O–H groups in total. The Balaban J connectivity index is 2.05. The molecule has 0 bridgehead atoms. The van der Waals surface area contributed by atoms with E-state index in [1.165, 1.54) is 11.3 Å². The van der Waals surface area contributed by atoms with Gasteiger partial charge in [0.05, 0.1) is 24.6 Å². The van der Waals surface area contributed by atoms with Crippen molar-refractivity contribution in [2.45, 2.75) is 51.5 Å². The van der Waals surface area contributed by atoms with Crippen molar-refractivity contribution >= 4 is 18.1 Å². The zero-order valence-corrected chi connectivity index (χ0v) is 15.6. The Morgan fingerprint density at radius 2 is 2.30 bits per heavy atom. The third kappa shape index (κ3) is 6.07. The molecule has 9 nitrogen and oxygen atoms in total. The summed E-state index contributed by atoms with van der Waals surface area (Å²) in [7, 11) is 0. The van der Waals surface area contributed by atoms with Crippen LogP contribution >= 0.6 is 0 Å². The molecule has 9 heteroatoms. The van der Waals surface area contributed by atoms with Crippen molar-refractivity contribution < 1.29 is 19.6 Å². The second kappa shape index (κ2) is 10.7. The fourth-order valence-corrected chi connectivity index (χ4v) is 3.22. The first-order chi connectivity index (χ1) is 13.1. The summed E-state index contributed by atoms with van der Waals surface area (Å²) < 4.78 is 0. The second-order valence-electron chi connectivity index (χ2n) is 6.68. The van der Waals surface area contributed by atoms with Gasteiger partial charge in [0.25, 0.3) is 0 Å². The van der Waals surface area contributed by atoms with Crippen molar-refractivity contribution in [3.05, 3.63) is 24.3 Å². The quantitative estimate of drug-likeness (QED) is 0.253. The Bertz CT molecular complexity index is 627. The minimum Gasteiger partial charge on any atom is -0.297 e. The van der Waals surface area contributed by atoms with Gasteiger partial charge in [-0.25, -0.2) is 20.5 Å². The molecule has 0 aliphatic carbocycles. The second-order valence-corrected chi connectivity index (χ2v) is 6.68. The maximum Gasteiger partial charge on any atom is 0.242 e. The van der Waals surface area contributed by atoms with Crippen LogP contribution in [0.1, 0.15) is 44.7 Å². The highest BCUT2D eigenvalue weighted by Gasteiger charge is 2.37. The van der Waals surface area contributed by atoms with Crippen LogP contribution in [-0.4, -0.2) is 62.5 Å². The van der Waals surface area contributed by atoms with Crippen LogP contribution in [0, 0.1) is 5.92 Å². The van der Waals surface area contributed by atoms with Gasteiger partial charge in [-0.05, 0) is 18.9 Å². The predicted molar refractivity (Wildman–Crippen MR) is 96.2 cm³/mol. The molecule has 0 radical (unpaired) electrons. The average Bonchev–Trinajstić information content (AvgIpc) is 3.17. The topological polar surface area (TPSA) is 116 Å². The Hall–Kier alpha value is -2.39. The van der Waals surface area contributed by atoms with Crippen LogP contribution in [0.25, 0.3) is 0 Å². The number of carbonyl (C=O) groups is 3. The zero-order valence-electron chi connectivity index (χ0n) is 15.6. The third-order valence-corrected chi connectivity index (χ3v) is 4.65. The van der Waals surface area contributed by atoms with E-state index in [4.69, 9.17) is 0 Å². The SMILES string of the molecule is CCCCC[C@H](CN(O)C=O)C(=O)N1NCC[C@H]1C(=O)Cc1ccncn1. The number of hydrogen-bond donors (Lipinski definition) is 2. The molecule has 2 amide bonds. The molecule has 1 saturated heterocycles. The summed E-state index contributed by atoms with van der Waals surface area (Å²) in [5.74, 6) is -0.937. The van der Waals surface area contributed by atoms with E-state index >= 15 is 0 Å². The van der Waals surface area contributed by atoms with Gasteiger partial charge in [-0.1, -0.05) is 26.2 Å². The van der Waals surface area contributed by atoms with Gasteiger partial charge in [0.2, 0.25) is 12.3 Å². The molecular weight excluding hydrogens is 350 g/mol. The highest BCUT2D eigenvalue weighted by atomic mass is 16.5. The van der Waals surface area contributed by atoms with Crippen molar-refractivity contribution in [3.8, 4) is 0 Å². The van der Waals surface area contributed by atoms with Gasteiger partial charge in [-0.2, -0.15) is 0 Å². The lowest BCUT2D eigenvalue weighted by Crippen LogP contribution is -2.50. The van der Waals surface area contributed by atoms with Crippen LogP contribution in [0.3, 0.4) is 0 Å². The summed E-state index contributed by atoms with van der Waals surface area (Å²) in [5, 5.41) is 11.4. The summed E-state index contributed by atoms with van der Waals surface area (Å²) in [6, 6.07) is 1.10. The predicted octanol–water partition coefficient (Wildman–Crippen LogP) is 0.738. The van der Waals surface area contributed by atoms with Crippen molar-refractivity contribution in [1.29, 1.82) is 0 Å². The van der Waals surface area contributed by atoms with Crippen LogP contribution in [-0.2, 0) is 20.8 Å². The van der Waals surface area contributed by atoms with Crippen LogP contribution in [0.2, 0.25) is 0 Å². The molecule has 1 aliphatic rings. The molecule has 1 aromatic heterocycles. The summed E-state index contributed by atoms with van der Waals surface area (Å²) in [6.07, 6.45) is 7.21. The van der Waals surface area contributed by atoms with Crippen LogP contribution in [0.4, 0.5) is 0 Å². The summed E-state index contributed by atoms with van der Waals surface area (Å²) in [5.41, 5.74) is 3.58. The molecule has 2 heterocycles. The molecule has 0 saturated carbocycles. The number of nitrogens with zero attached hydrogens (tertiary/aromatic N) is 4. The molecule has 0 unspecified atom stereocenters. The Morgan fingerprint density at radius 3 is 2.96 bits per heavy atom. The van der Waals surface area contributed by atoms with Gasteiger partial charge in [0, 0.05) is 12.7 Å². The number of aromatic nitrogens is 2. The minimum atomic E-state index is -0.579. The Labute approximate surface area is 158 Å². The van der Waals surface area contributed by atoms with E-state index in [-0.39, 0.29) is 31.1 Å². The molecule has 1 fully saturated rings. The number of nitrogens with one attached hydrogen (secondary N) is 1. The van der Waals surface area contributed by atoms with Gasteiger partial charge < -0.3 is 0 Å². The molecule has 1 aromatic rings. The lowest BCUT2D eigenvalue weighted by atomic mass is 9.98. The molecule has 0 aromatic carbocycles. The lowest BCUT2D eigenvalue weighted by molar-refractivity contribution is -0.159. The first-order valence-corrected chi connectivity index (χ1v) is 9.31. The van der Waals surface area contributed by atoms with Gasteiger partial charge in [-0.15, -0.1) is 0 Å². The Morgan fingerprint density at radius 1 is 1.48 bits per heavy atom. The first-order valence-electron chi connectivity index (χ1n) is 9.31.